The molecule has 0 saturated heterocycles. The van der Waals surface area contributed by atoms with Crippen molar-refractivity contribution in [2.75, 3.05) is 13.2 Å². The van der Waals surface area contributed by atoms with Crippen LogP contribution in [-0.2, 0) is 52.7 Å². The molecular formula is C47H85N13O15. The van der Waals surface area contributed by atoms with E-state index in [1.54, 1.807) is 55.4 Å². The molecule has 28 nitrogen and oxygen atoms in total. The van der Waals surface area contributed by atoms with E-state index in [4.69, 9.17) is 22.9 Å². The number of guanidine groups is 1. The molecule has 28 heteroatoms. The summed E-state index contributed by atoms with van der Waals surface area (Å²) in [7, 11) is 0. The van der Waals surface area contributed by atoms with Gasteiger partial charge in [0.05, 0.1) is 18.8 Å². The Labute approximate surface area is 437 Å². The lowest BCUT2D eigenvalue weighted by molar-refractivity contribution is -0.143. The second-order valence-corrected chi connectivity index (χ2v) is 19.9. The highest BCUT2D eigenvalue weighted by Crippen LogP contribution is 2.14. The molecule has 0 aliphatic carbocycles. The zero-order chi connectivity index (χ0) is 57.9. The minimum absolute atomic E-state index is 0.00701. The Kier molecular flexibility index (Phi) is 31.6. The van der Waals surface area contributed by atoms with E-state index < -0.39 is 151 Å². The van der Waals surface area contributed by atoms with Crippen molar-refractivity contribution >= 4 is 71.1 Å². The van der Waals surface area contributed by atoms with Gasteiger partial charge in [0.15, 0.2) is 5.96 Å². The molecule has 0 bridgehead atoms. The molecule has 0 aromatic rings. The Morgan fingerprint density at radius 1 is 0.493 bits per heavy atom. The number of rotatable bonds is 37. The standard InChI is InChI=1S/C47H85N13O15/c1-10-25(8)36(44(72)57-32(46(74)75)20-24(6)7)59-40(68)29(14-16-35(64)65)54-45(73)37(26(9)62)60-42(70)31(19-23(4)5)56-43(71)33(21-61)58-39(67)28(12-11-17-52-47(50)51)53-41(69)30(18-22(2)3)55-38(66)27(48)13-15-34(49)63/h22-33,36-37,61-62H,10-21,48H2,1-9H3,(H2,49,63)(H,53,69)(H,54,73)(H,55,66)(H,56,71)(H,57,72)(H,58,67)(H,59,68)(H,60,70)(H,64,65)(H,74,75)(H4,50,51,52)/t25-,26+,27-,28-,29-,30-,31-,32-,33-,36-,37-/m0/s1. The second-order valence-electron chi connectivity index (χ2n) is 19.9. The first-order valence-corrected chi connectivity index (χ1v) is 25.1. The van der Waals surface area contributed by atoms with Crippen molar-refractivity contribution in [3.8, 4) is 0 Å². The van der Waals surface area contributed by atoms with Crippen LogP contribution in [-0.4, -0.2) is 165 Å². The average Bonchev–Trinajstić information content (AvgIpc) is 3.30. The largest absolute Gasteiger partial charge is 0.481 e. The summed E-state index contributed by atoms with van der Waals surface area (Å²) >= 11 is 0. The molecule has 0 heterocycles. The van der Waals surface area contributed by atoms with Gasteiger partial charge in [-0.15, -0.1) is 0 Å². The Morgan fingerprint density at radius 3 is 1.36 bits per heavy atom. The summed E-state index contributed by atoms with van der Waals surface area (Å²) in [5, 5.41) is 59.7. The maximum absolute atomic E-state index is 13.9. The van der Waals surface area contributed by atoms with Crippen LogP contribution in [0.25, 0.3) is 0 Å². The molecular weight excluding hydrogens is 987 g/mol. The maximum atomic E-state index is 13.9. The number of aliphatic imine (C=N–C) groups is 1. The van der Waals surface area contributed by atoms with Crippen LogP contribution in [0.3, 0.4) is 0 Å². The van der Waals surface area contributed by atoms with Crippen molar-refractivity contribution in [2.24, 2.45) is 51.6 Å². The Hall–Kier alpha value is -6.68. The van der Waals surface area contributed by atoms with Crippen molar-refractivity contribution in [1.82, 2.24) is 42.5 Å². The van der Waals surface area contributed by atoms with E-state index in [9.17, 15) is 73.2 Å². The lowest BCUT2D eigenvalue weighted by Gasteiger charge is -2.30. The van der Waals surface area contributed by atoms with Crippen LogP contribution in [0.15, 0.2) is 4.99 Å². The number of nitrogens with one attached hydrogen (secondary N) is 8. The number of hydrogen-bond acceptors (Lipinski definition) is 15. The van der Waals surface area contributed by atoms with Gasteiger partial charge >= 0.3 is 11.9 Å². The van der Waals surface area contributed by atoms with Crippen LogP contribution in [0.4, 0.5) is 0 Å². The number of amides is 9. The maximum Gasteiger partial charge on any atom is 0.326 e. The van der Waals surface area contributed by atoms with Crippen molar-refractivity contribution in [3.05, 3.63) is 0 Å². The summed E-state index contributed by atoms with van der Waals surface area (Å²) in [4.78, 5) is 148. The number of carbonyl (C=O) groups excluding carboxylic acids is 9. The molecule has 0 aromatic heterocycles. The summed E-state index contributed by atoms with van der Waals surface area (Å²) in [6.07, 6.45) is -2.84. The molecule has 0 saturated carbocycles. The molecule has 11 atom stereocenters. The Balaban J connectivity index is 6.62. The topological polar surface area (TPSA) is 481 Å². The van der Waals surface area contributed by atoms with Gasteiger partial charge in [0.25, 0.3) is 0 Å². The summed E-state index contributed by atoms with van der Waals surface area (Å²) in [6, 6.07) is -13.3. The number of carboxylic acids is 2. The van der Waals surface area contributed by atoms with Gasteiger partial charge in [0, 0.05) is 19.4 Å². The molecule has 0 aromatic carbocycles. The summed E-state index contributed by atoms with van der Waals surface area (Å²) in [6.45, 7) is 13.8. The number of aliphatic hydroxyl groups is 2. The van der Waals surface area contributed by atoms with Crippen LogP contribution in [0.2, 0.25) is 0 Å². The van der Waals surface area contributed by atoms with E-state index in [0.717, 1.165) is 6.92 Å². The van der Waals surface area contributed by atoms with Crippen molar-refractivity contribution in [1.29, 1.82) is 0 Å². The summed E-state index contributed by atoms with van der Waals surface area (Å²) < 4.78 is 0. The summed E-state index contributed by atoms with van der Waals surface area (Å²) in [5.41, 5.74) is 22.0. The fourth-order valence-electron chi connectivity index (χ4n) is 7.26. The highest BCUT2D eigenvalue weighted by molar-refractivity contribution is 5.98. The van der Waals surface area contributed by atoms with E-state index in [1.165, 1.54) is 0 Å². The van der Waals surface area contributed by atoms with Gasteiger partial charge in [-0.3, -0.25) is 52.9 Å². The Morgan fingerprint density at radius 2 is 0.893 bits per heavy atom. The van der Waals surface area contributed by atoms with Gasteiger partial charge in [-0.25, -0.2) is 4.79 Å². The number of aliphatic carboxylic acids is 2. The number of aliphatic hydroxyl groups excluding tert-OH is 2. The molecule has 20 N–H and O–H groups in total. The molecule has 75 heavy (non-hydrogen) atoms. The number of carbonyl (C=O) groups is 11. The molecule has 0 radical (unpaired) electrons. The highest BCUT2D eigenvalue weighted by Gasteiger charge is 2.37. The third kappa shape index (κ3) is 27.4. The molecule has 9 amide bonds. The fraction of sp³-hybridized carbons (Fsp3) is 0.745. The first kappa shape index (κ1) is 68.3. The normalized spacial score (nSPS) is 15.7. The minimum Gasteiger partial charge on any atom is -0.481 e. The third-order valence-corrected chi connectivity index (χ3v) is 11.6. The third-order valence-electron chi connectivity index (χ3n) is 11.6. The lowest BCUT2D eigenvalue weighted by Crippen LogP contribution is -2.62. The molecule has 0 aliphatic heterocycles. The van der Waals surface area contributed by atoms with Crippen LogP contribution >= 0.6 is 0 Å². The van der Waals surface area contributed by atoms with E-state index in [0.29, 0.717) is 6.42 Å². The average molecular weight is 1070 g/mol. The second kappa shape index (κ2) is 34.7. The Bertz CT molecular complexity index is 1970. The predicted molar refractivity (Wildman–Crippen MR) is 273 cm³/mol. The smallest absolute Gasteiger partial charge is 0.326 e. The van der Waals surface area contributed by atoms with Gasteiger partial charge in [-0.2, -0.15) is 0 Å². The zero-order valence-corrected chi connectivity index (χ0v) is 44.6. The molecule has 0 fully saturated rings. The minimum atomic E-state index is -1.85. The van der Waals surface area contributed by atoms with Crippen LogP contribution < -0.4 is 65.5 Å². The van der Waals surface area contributed by atoms with Crippen molar-refractivity contribution in [3.63, 3.8) is 0 Å². The first-order valence-electron chi connectivity index (χ1n) is 25.1. The van der Waals surface area contributed by atoms with Gasteiger partial charge in [0.1, 0.15) is 48.3 Å². The number of nitrogens with zero attached hydrogens (tertiary/aromatic N) is 1. The van der Waals surface area contributed by atoms with E-state index in [-0.39, 0.29) is 75.2 Å². The van der Waals surface area contributed by atoms with Gasteiger partial charge in [-0.1, -0.05) is 61.8 Å². The fourth-order valence-corrected chi connectivity index (χ4v) is 7.26. The molecule has 0 unspecified atom stereocenters. The van der Waals surface area contributed by atoms with E-state index in [1.807, 2.05) is 0 Å². The SMILES string of the molecule is CC[C@H](C)[C@H](NC(=O)[C@H](CCC(=O)O)NC(=O)[C@@H](NC(=O)[C@H](CC(C)C)NC(=O)[C@H](CO)NC(=O)[C@H](CCCN=C(N)N)NC(=O)[C@H](CC(C)C)NC(=O)[C@@H](N)CCC(N)=O)[C@@H](C)O)C(=O)N[C@@H](CC(C)C)C(=O)O. The van der Waals surface area contributed by atoms with Crippen LogP contribution in [0.5, 0.6) is 0 Å². The predicted octanol–water partition coefficient (Wildman–Crippen LogP) is -3.98. The number of primary amides is 1. The van der Waals surface area contributed by atoms with E-state index in [2.05, 4.69) is 47.5 Å². The number of carboxylic acid groups (broad SMARTS) is 2. The first-order chi connectivity index (χ1) is 34.8. The monoisotopic (exact) mass is 1070 g/mol. The van der Waals surface area contributed by atoms with Gasteiger partial charge in [-0.05, 0) is 75.5 Å². The van der Waals surface area contributed by atoms with Crippen molar-refractivity contribution in [2.45, 2.75) is 187 Å². The van der Waals surface area contributed by atoms with Gasteiger partial charge < -0.3 is 85.9 Å². The lowest BCUT2D eigenvalue weighted by atomic mass is 9.96. The molecule has 428 valence electrons. The van der Waals surface area contributed by atoms with Gasteiger partial charge in [0.2, 0.25) is 53.2 Å². The van der Waals surface area contributed by atoms with Crippen LogP contribution in [0, 0.1) is 23.7 Å². The van der Waals surface area contributed by atoms with E-state index >= 15 is 0 Å². The molecule has 0 aliphatic rings. The molecule has 0 spiro atoms. The summed E-state index contributed by atoms with van der Waals surface area (Å²) in [5.74, 6) is -12.6. The number of nitrogens with two attached hydrogens (primary N) is 4. The van der Waals surface area contributed by atoms with Crippen LogP contribution in [0.1, 0.15) is 127 Å². The number of hydrogen-bond donors (Lipinski definition) is 16. The zero-order valence-electron chi connectivity index (χ0n) is 44.6. The molecule has 0 rings (SSSR count). The van der Waals surface area contributed by atoms with Crippen molar-refractivity contribution < 1.29 is 73.2 Å². The highest BCUT2D eigenvalue weighted by atomic mass is 16.4. The quantitative estimate of drug-likeness (QED) is 0.0160.